The summed E-state index contributed by atoms with van der Waals surface area (Å²) in [7, 11) is -0.559. The molecule has 10 heteroatoms. The maximum absolute atomic E-state index is 13.2. The topological polar surface area (TPSA) is 97.8 Å². The van der Waals surface area contributed by atoms with Crippen LogP contribution < -0.4 is 14.8 Å². The summed E-state index contributed by atoms with van der Waals surface area (Å²) in [5.74, 6) is 0.793. The van der Waals surface area contributed by atoms with E-state index in [1.807, 2.05) is 30.3 Å². The average Bonchev–Trinajstić information content (AvgIpc) is 3.30. The largest absolute Gasteiger partial charge is 0.497 e. The number of ether oxygens (including phenoxy) is 2. The van der Waals surface area contributed by atoms with Gasteiger partial charge < -0.3 is 9.47 Å². The Hall–Kier alpha value is -3.47. The third-order valence-corrected chi connectivity index (χ3v) is 8.74. The van der Waals surface area contributed by atoms with Crippen LogP contribution >= 0.6 is 11.3 Å². The van der Waals surface area contributed by atoms with Gasteiger partial charge in [-0.2, -0.15) is 4.31 Å². The van der Waals surface area contributed by atoms with Crippen LogP contribution in [0, 0.1) is 0 Å². The predicted molar refractivity (Wildman–Crippen MR) is 135 cm³/mol. The van der Waals surface area contributed by atoms with E-state index in [1.54, 1.807) is 20.3 Å². The standard InChI is InChI=1S/C25H23N3O5S2/c1-32-19-13-21(33-2)23-22(14-19)34-25(26-23)27-24(29)17-7-9-20(10-8-17)35(30,31)28-12-11-16-5-3-4-6-18(16)15-28/h3-10,13-14H,11-12,15H2,1-2H3,(H,26,27,29). The maximum Gasteiger partial charge on any atom is 0.257 e. The molecule has 2 heterocycles. The molecular formula is C25H23N3O5S2. The first-order valence-electron chi connectivity index (χ1n) is 10.9. The van der Waals surface area contributed by atoms with Crippen molar-refractivity contribution in [2.45, 2.75) is 17.9 Å². The van der Waals surface area contributed by atoms with E-state index in [1.165, 1.54) is 45.5 Å². The van der Waals surface area contributed by atoms with Gasteiger partial charge in [0.2, 0.25) is 10.0 Å². The van der Waals surface area contributed by atoms with Crippen LogP contribution in [0.1, 0.15) is 21.5 Å². The predicted octanol–water partition coefficient (Wildman–Crippen LogP) is 4.31. The molecule has 1 N–H and O–H groups in total. The molecular weight excluding hydrogens is 486 g/mol. The first kappa shape index (κ1) is 23.3. The number of amides is 1. The number of fused-ring (bicyclic) bond motifs is 2. The molecule has 0 unspecified atom stereocenters. The SMILES string of the molecule is COc1cc(OC)c2nc(NC(=O)c3ccc(S(=O)(=O)N4CCc5ccccc5C4)cc3)sc2c1. The second-order valence-electron chi connectivity index (χ2n) is 8.03. The van der Waals surface area contributed by atoms with Crippen LogP contribution in [-0.2, 0) is 23.0 Å². The molecule has 0 bridgehead atoms. The molecule has 0 saturated carbocycles. The Labute approximate surface area is 207 Å². The Bertz CT molecular complexity index is 1510. The fourth-order valence-electron chi connectivity index (χ4n) is 4.07. The second-order valence-corrected chi connectivity index (χ2v) is 11.0. The highest BCUT2D eigenvalue weighted by Gasteiger charge is 2.28. The molecule has 1 aliphatic heterocycles. The normalized spacial score (nSPS) is 13.9. The Balaban J connectivity index is 1.33. The minimum Gasteiger partial charge on any atom is -0.497 e. The first-order valence-corrected chi connectivity index (χ1v) is 13.2. The molecule has 0 fully saturated rings. The lowest BCUT2D eigenvalue weighted by atomic mass is 10.0. The number of thiazole rings is 1. The molecule has 4 aromatic rings. The summed E-state index contributed by atoms with van der Waals surface area (Å²) in [6.45, 7) is 0.764. The molecule has 3 aromatic carbocycles. The molecule has 5 rings (SSSR count). The average molecular weight is 510 g/mol. The van der Waals surface area contributed by atoms with E-state index < -0.39 is 10.0 Å². The van der Waals surface area contributed by atoms with E-state index >= 15 is 0 Å². The molecule has 1 aliphatic rings. The van der Waals surface area contributed by atoms with Gasteiger partial charge in [-0.05, 0) is 47.9 Å². The molecule has 35 heavy (non-hydrogen) atoms. The highest BCUT2D eigenvalue weighted by atomic mass is 32.2. The van der Waals surface area contributed by atoms with Crippen molar-refractivity contribution in [3.63, 3.8) is 0 Å². The van der Waals surface area contributed by atoms with Gasteiger partial charge in [0.25, 0.3) is 5.91 Å². The minimum atomic E-state index is -3.67. The van der Waals surface area contributed by atoms with Crippen LogP contribution in [0.15, 0.2) is 65.6 Å². The lowest BCUT2D eigenvalue weighted by molar-refractivity contribution is 0.102. The van der Waals surface area contributed by atoms with Crippen molar-refractivity contribution in [2.24, 2.45) is 0 Å². The number of anilines is 1. The molecule has 0 aliphatic carbocycles. The van der Waals surface area contributed by atoms with Crippen LogP contribution in [0.2, 0.25) is 0 Å². The van der Waals surface area contributed by atoms with Gasteiger partial charge in [-0.1, -0.05) is 35.6 Å². The Morgan fingerprint density at radius 3 is 2.49 bits per heavy atom. The number of benzene rings is 3. The van der Waals surface area contributed by atoms with Crippen molar-refractivity contribution < 1.29 is 22.7 Å². The minimum absolute atomic E-state index is 0.158. The van der Waals surface area contributed by atoms with Gasteiger partial charge >= 0.3 is 0 Å². The maximum atomic E-state index is 13.2. The molecule has 0 atom stereocenters. The summed E-state index contributed by atoms with van der Waals surface area (Å²) in [4.78, 5) is 17.4. The number of hydrogen-bond acceptors (Lipinski definition) is 7. The van der Waals surface area contributed by atoms with Gasteiger partial charge in [0.05, 0.1) is 23.8 Å². The summed E-state index contributed by atoms with van der Waals surface area (Å²) in [6.07, 6.45) is 0.675. The van der Waals surface area contributed by atoms with Gasteiger partial charge in [0.1, 0.15) is 17.0 Å². The zero-order chi connectivity index (χ0) is 24.6. The third-order valence-electron chi connectivity index (χ3n) is 5.96. The summed E-state index contributed by atoms with van der Waals surface area (Å²) in [5.41, 5.74) is 3.15. The summed E-state index contributed by atoms with van der Waals surface area (Å²) in [6, 6.07) is 17.4. The molecule has 1 amide bonds. The number of rotatable bonds is 6. The van der Waals surface area contributed by atoms with E-state index in [0.29, 0.717) is 47.2 Å². The van der Waals surface area contributed by atoms with Crippen molar-refractivity contribution >= 4 is 42.6 Å². The van der Waals surface area contributed by atoms with Crippen LogP contribution in [0.3, 0.4) is 0 Å². The molecule has 0 radical (unpaired) electrons. The van der Waals surface area contributed by atoms with Crippen molar-refractivity contribution in [1.29, 1.82) is 0 Å². The summed E-state index contributed by atoms with van der Waals surface area (Å²) in [5, 5.41) is 3.18. The number of nitrogens with one attached hydrogen (secondary N) is 1. The van der Waals surface area contributed by atoms with Crippen molar-refractivity contribution in [1.82, 2.24) is 9.29 Å². The zero-order valence-electron chi connectivity index (χ0n) is 19.1. The van der Waals surface area contributed by atoms with Crippen LogP contribution in [0.4, 0.5) is 5.13 Å². The summed E-state index contributed by atoms with van der Waals surface area (Å²) < 4.78 is 39.3. The molecule has 0 spiro atoms. The highest BCUT2D eigenvalue weighted by molar-refractivity contribution is 7.89. The van der Waals surface area contributed by atoms with E-state index in [4.69, 9.17) is 9.47 Å². The van der Waals surface area contributed by atoms with Crippen molar-refractivity contribution in [3.05, 3.63) is 77.4 Å². The lowest BCUT2D eigenvalue weighted by Gasteiger charge is -2.28. The fraction of sp³-hybridized carbons (Fsp3) is 0.200. The van der Waals surface area contributed by atoms with E-state index in [2.05, 4.69) is 10.3 Å². The second kappa shape index (κ2) is 9.29. The monoisotopic (exact) mass is 509 g/mol. The van der Waals surface area contributed by atoms with E-state index in [0.717, 1.165) is 10.3 Å². The van der Waals surface area contributed by atoms with Crippen molar-refractivity contribution in [3.8, 4) is 11.5 Å². The zero-order valence-corrected chi connectivity index (χ0v) is 20.8. The smallest absolute Gasteiger partial charge is 0.257 e. The first-order chi connectivity index (χ1) is 16.9. The van der Waals surface area contributed by atoms with E-state index in [-0.39, 0.29) is 10.8 Å². The Kier molecular flexibility index (Phi) is 6.18. The number of sulfonamides is 1. The van der Waals surface area contributed by atoms with E-state index in [9.17, 15) is 13.2 Å². The number of hydrogen-bond donors (Lipinski definition) is 1. The van der Waals surface area contributed by atoms with Gasteiger partial charge in [0.15, 0.2) is 5.13 Å². The van der Waals surface area contributed by atoms with Gasteiger partial charge in [-0.25, -0.2) is 13.4 Å². The number of carbonyl (C=O) groups is 1. The molecule has 0 saturated heterocycles. The molecule has 8 nitrogen and oxygen atoms in total. The number of nitrogens with zero attached hydrogens (tertiary/aromatic N) is 2. The quantitative estimate of drug-likeness (QED) is 0.416. The fourth-order valence-corrected chi connectivity index (χ4v) is 6.40. The molecule has 180 valence electrons. The number of methoxy groups -OCH3 is 2. The van der Waals surface area contributed by atoms with Crippen molar-refractivity contribution in [2.75, 3.05) is 26.1 Å². The van der Waals surface area contributed by atoms with Crippen LogP contribution in [-0.4, -0.2) is 44.4 Å². The van der Waals surface area contributed by atoms with Gasteiger partial charge in [0, 0.05) is 24.7 Å². The Morgan fingerprint density at radius 2 is 1.77 bits per heavy atom. The Morgan fingerprint density at radius 1 is 1.03 bits per heavy atom. The third kappa shape index (κ3) is 4.47. The van der Waals surface area contributed by atoms with Gasteiger partial charge in [-0.3, -0.25) is 10.1 Å². The number of aromatic nitrogens is 1. The lowest BCUT2D eigenvalue weighted by Crippen LogP contribution is -2.35. The van der Waals surface area contributed by atoms with Crippen LogP contribution in [0.5, 0.6) is 11.5 Å². The van der Waals surface area contributed by atoms with Crippen LogP contribution in [0.25, 0.3) is 10.2 Å². The number of carbonyl (C=O) groups excluding carboxylic acids is 1. The summed E-state index contributed by atoms with van der Waals surface area (Å²) >= 11 is 1.29. The molecule has 1 aromatic heterocycles. The van der Waals surface area contributed by atoms with Gasteiger partial charge in [-0.15, -0.1) is 0 Å². The highest BCUT2D eigenvalue weighted by Crippen LogP contribution is 2.36.